The van der Waals surface area contributed by atoms with Crippen molar-refractivity contribution < 1.29 is 4.39 Å². The lowest BCUT2D eigenvalue weighted by Gasteiger charge is -2.02. The van der Waals surface area contributed by atoms with E-state index in [0.29, 0.717) is 5.56 Å². The third-order valence-electron chi connectivity index (χ3n) is 2.35. The van der Waals surface area contributed by atoms with Crippen molar-refractivity contribution in [2.75, 3.05) is 0 Å². The van der Waals surface area contributed by atoms with Gasteiger partial charge in [0, 0.05) is 18.0 Å². The van der Waals surface area contributed by atoms with Crippen molar-refractivity contribution in [3.05, 3.63) is 67.4 Å². The van der Waals surface area contributed by atoms with Gasteiger partial charge in [0.05, 0.1) is 0 Å². The van der Waals surface area contributed by atoms with Crippen molar-refractivity contribution in [1.29, 1.82) is 0 Å². The Morgan fingerprint density at radius 3 is 2.12 bits per heavy atom. The Hall–Kier alpha value is -1.96. The van der Waals surface area contributed by atoms with Crippen LogP contribution in [-0.2, 0) is 0 Å². The van der Waals surface area contributed by atoms with Crippen molar-refractivity contribution in [1.82, 2.24) is 4.98 Å². The van der Waals surface area contributed by atoms with Crippen LogP contribution in [0.3, 0.4) is 0 Å². The van der Waals surface area contributed by atoms with E-state index in [0.717, 1.165) is 11.1 Å². The fourth-order valence-corrected chi connectivity index (χ4v) is 1.48. The Bertz CT molecular complexity index is 486. The van der Waals surface area contributed by atoms with Crippen molar-refractivity contribution in [3.63, 3.8) is 0 Å². The van der Waals surface area contributed by atoms with E-state index in [4.69, 9.17) is 0 Å². The van der Waals surface area contributed by atoms with Crippen molar-refractivity contribution in [3.8, 4) is 11.1 Å². The van der Waals surface area contributed by atoms with Gasteiger partial charge in [-0.05, 0) is 36.3 Å². The average molecular weight is 212 g/mol. The van der Waals surface area contributed by atoms with E-state index >= 15 is 0 Å². The van der Waals surface area contributed by atoms with Crippen LogP contribution in [0.2, 0.25) is 0 Å². The van der Waals surface area contributed by atoms with Crippen LogP contribution in [0.4, 0.5) is 4.39 Å². The van der Waals surface area contributed by atoms with Gasteiger partial charge >= 0.3 is 0 Å². The standard InChI is InChI=1S/C14H11FN/c1-2-14(15)13-5-3-11(4-6-13)12-7-9-16-10-8-12/h2-10H,1H2/b14-2+. The summed E-state index contributed by atoms with van der Waals surface area (Å²) in [5, 5.41) is 0. The molecule has 16 heavy (non-hydrogen) atoms. The highest BCUT2D eigenvalue weighted by atomic mass is 19.1. The minimum Gasteiger partial charge on any atom is -0.265 e. The van der Waals surface area contributed by atoms with Crippen LogP contribution in [0.1, 0.15) is 5.56 Å². The number of benzene rings is 1. The number of hydrogen-bond acceptors (Lipinski definition) is 1. The number of pyridine rings is 1. The van der Waals surface area contributed by atoms with Crippen molar-refractivity contribution in [2.45, 2.75) is 0 Å². The van der Waals surface area contributed by atoms with Gasteiger partial charge in [0.1, 0.15) is 5.83 Å². The zero-order valence-electron chi connectivity index (χ0n) is 8.73. The second-order valence-electron chi connectivity index (χ2n) is 3.37. The van der Waals surface area contributed by atoms with Gasteiger partial charge in [-0.15, -0.1) is 0 Å². The number of hydrogen-bond donors (Lipinski definition) is 0. The van der Waals surface area contributed by atoms with Gasteiger partial charge in [0.15, 0.2) is 0 Å². The molecule has 0 saturated heterocycles. The van der Waals surface area contributed by atoms with Crippen LogP contribution in [-0.4, -0.2) is 4.98 Å². The summed E-state index contributed by atoms with van der Waals surface area (Å²) in [5.74, 6) is -0.304. The number of rotatable bonds is 2. The number of allylic oxidation sites excluding steroid dienone is 1. The summed E-state index contributed by atoms with van der Waals surface area (Å²) in [6.07, 6.45) is 4.68. The minimum atomic E-state index is -0.304. The second-order valence-corrected chi connectivity index (χ2v) is 3.37. The zero-order valence-corrected chi connectivity index (χ0v) is 8.73. The summed E-state index contributed by atoms with van der Waals surface area (Å²) in [6, 6.07) is 11.1. The highest BCUT2D eigenvalue weighted by Crippen LogP contribution is 2.22. The molecular weight excluding hydrogens is 201 g/mol. The largest absolute Gasteiger partial charge is 0.265 e. The van der Waals surface area contributed by atoms with E-state index in [2.05, 4.69) is 11.9 Å². The van der Waals surface area contributed by atoms with Crippen LogP contribution in [0.5, 0.6) is 0 Å². The molecule has 0 bridgehead atoms. The molecular formula is C14H11FN. The molecule has 0 aliphatic carbocycles. The lowest BCUT2D eigenvalue weighted by atomic mass is 10.0. The van der Waals surface area contributed by atoms with E-state index in [9.17, 15) is 4.39 Å². The summed E-state index contributed by atoms with van der Waals surface area (Å²) in [6.45, 7) is 3.40. The molecule has 0 unspecified atom stereocenters. The summed E-state index contributed by atoms with van der Waals surface area (Å²) in [4.78, 5) is 3.95. The molecule has 1 aromatic carbocycles. The van der Waals surface area contributed by atoms with Crippen LogP contribution in [0.15, 0.2) is 54.9 Å². The fraction of sp³-hybridized carbons (Fsp3) is 0. The maximum Gasteiger partial charge on any atom is 0.126 e. The first kappa shape index (κ1) is 10.6. The van der Waals surface area contributed by atoms with E-state index in [-0.39, 0.29) is 5.83 Å². The Labute approximate surface area is 94.3 Å². The first-order chi connectivity index (χ1) is 7.81. The molecule has 1 aromatic heterocycles. The van der Waals surface area contributed by atoms with Gasteiger partial charge in [0.2, 0.25) is 0 Å². The summed E-state index contributed by atoms with van der Waals surface area (Å²) in [5.41, 5.74) is 2.66. The molecule has 2 heteroatoms. The van der Waals surface area contributed by atoms with Gasteiger partial charge in [-0.1, -0.05) is 24.3 Å². The molecule has 0 aliphatic rings. The van der Waals surface area contributed by atoms with Crippen LogP contribution >= 0.6 is 0 Å². The normalized spacial score (nSPS) is 11.5. The zero-order chi connectivity index (χ0) is 11.4. The molecule has 0 amide bonds. The Morgan fingerprint density at radius 1 is 1.00 bits per heavy atom. The Kier molecular flexibility index (Phi) is 3.10. The summed E-state index contributed by atoms with van der Waals surface area (Å²) in [7, 11) is 0. The molecule has 0 atom stereocenters. The van der Waals surface area contributed by atoms with Crippen molar-refractivity contribution in [2.24, 2.45) is 0 Å². The molecule has 1 nitrogen and oxygen atoms in total. The summed E-state index contributed by atoms with van der Waals surface area (Å²) < 4.78 is 13.2. The molecule has 1 heterocycles. The van der Waals surface area contributed by atoms with Gasteiger partial charge in [-0.2, -0.15) is 0 Å². The Balaban J connectivity index is 2.34. The smallest absolute Gasteiger partial charge is 0.126 e. The van der Waals surface area contributed by atoms with E-state index in [1.807, 2.05) is 24.3 Å². The molecule has 0 aliphatic heterocycles. The fourth-order valence-electron chi connectivity index (χ4n) is 1.48. The van der Waals surface area contributed by atoms with Crippen LogP contribution in [0, 0.1) is 6.92 Å². The van der Waals surface area contributed by atoms with Crippen LogP contribution in [0.25, 0.3) is 17.0 Å². The molecule has 0 spiro atoms. The average Bonchev–Trinajstić information content (AvgIpc) is 2.39. The highest BCUT2D eigenvalue weighted by molar-refractivity contribution is 5.67. The molecule has 0 fully saturated rings. The highest BCUT2D eigenvalue weighted by Gasteiger charge is 2.00. The predicted octanol–water partition coefficient (Wildman–Crippen LogP) is 3.89. The summed E-state index contributed by atoms with van der Waals surface area (Å²) >= 11 is 0. The number of aromatic nitrogens is 1. The molecule has 2 aromatic rings. The van der Waals surface area contributed by atoms with Crippen molar-refractivity contribution >= 4 is 5.83 Å². The first-order valence-corrected chi connectivity index (χ1v) is 4.97. The predicted molar refractivity (Wildman–Crippen MR) is 64.1 cm³/mol. The second kappa shape index (κ2) is 4.71. The maximum absolute atomic E-state index is 13.2. The molecule has 0 N–H and O–H groups in total. The first-order valence-electron chi connectivity index (χ1n) is 4.97. The van der Waals surface area contributed by atoms with Gasteiger partial charge in [-0.3, -0.25) is 4.98 Å². The van der Waals surface area contributed by atoms with Gasteiger partial charge < -0.3 is 0 Å². The number of halogens is 1. The van der Waals surface area contributed by atoms with E-state index in [1.165, 1.54) is 6.08 Å². The Morgan fingerprint density at radius 2 is 1.56 bits per heavy atom. The lowest BCUT2D eigenvalue weighted by Crippen LogP contribution is -1.81. The third kappa shape index (κ3) is 2.16. The van der Waals surface area contributed by atoms with E-state index < -0.39 is 0 Å². The number of nitrogens with zero attached hydrogens (tertiary/aromatic N) is 1. The lowest BCUT2D eigenvalue weighted by molar-refractivity contribution is 0.760. The minimum absolute atomic E-state index is 0.304. The van der Waals surface area contributed by atoms with Gasteiger partial charge in [-0.25, -0.2) is 4.39 Å². The molecule has 0 saturated carbocycles. The molecule has 2 rings (SSSR count). The monoisotopic (exact) mass is 212 g/mol. The van der Waals surface area contributed by atoms with Gasteiger partial charge in [0.25, 0.3) is 0 Å². The quantitative estimate of drug-likeness (QED) is 0.735. The SMILES string of the molecule is [CH2]/C=C(/F)c1ccc(-c2ccncc2)cc1. The molecule has 1 radical (unpaired) electrons. The third-order valence-corrected chi connectivity index (χ3v) is 2.35. The van der Waals surface area contributed by atoms with E-state index in [1.54, 1.807) is 24.5 Å². The topological polar surface area (TPSA) is 12.9 Å². The molecule has 79 valence electrons. The van der Waals surface area contributed by atoms with Crippen LogP contribution < -0.4 is 0 Å². The maximum atomic E-state index is 13.2.